The van der Waals surface area contributed by atoms with Crippen LogP contribution in [0, 0.1) is 5.82 Å². The minimum atomic E-state index is -0.300. The molecule has 6 nitrogen and oxygen atoms in total. The molecule has 1 amide bonds. The molecule has 2 rings (SSSR count). The van der Waals surface area contributed by atoms with Crippen LogP contribution in [0.3, 0.4) is 0 Å². The molecule has 0 aliphatic carbocycles. The van der Waals surface area contributed by atoms with Crippen LogP contribution in [-0.4, -0.2) is 48.0 Å². The van der Waals surface area contributed by atoms with E-state index < -0.39 is 0 Å². The highest BCUT2D eigenvalue weighted by Gasteiger charge is 2.07. The lowest BCUT2D eigenvalue weighted by Gasteiger charge is -2.10. The standard InChI is InChI=1S/C16H20FN5O/c1-22(2)8-7-18-16-20-10-13(11-21-16)15(23)19-9-12-3-5-14(17)6-4-12/h3-6,10-11H,7-9H2,1-2H3,(H,19,23)(H,18,20,21). The largest absolute Gasteiger partial charge is 0.353 e. The SMILES string of the molecule is CN(C)CCNc1ncc(C(=O)NCc2ccc(F)cc2)cn1. The van der Waals surface area contributed by atoms with Gasteiger partial charge in [0.2, 0.25) is 5.95 Å². The van der Waals surface area contributed by atoms with Crippen molar-refractivity contribution in [1.29, 1.82) is 0 Å². The van der Waals surface area contributed by atoms with Crippen molar-refractivity contribution in [3.05, 3.63) is 53.6 Å². The molecule has 0 aliphatic heterocycles. The van der Waals surface area contributed by atoms with E-state index >= 15 is 0 Å². The molecular formula is C16H20FN5O. The molecule has 0 saturated heterocycles. The summed E-state index contributed by atoms with van der Waals surface area (Å²) in [6.45, 7) is 1.91. The molecule has 7 heteroatoms. The Balaban J connectivity index is 1.83. The fraction of sp³-hybridized carbons (Fsp3) is 0.312. The Morgan fingerprint density at radius 1 is 1.17 bits per heavy atom. The molecule has 0 radical (unpaired) electrons. The third kappa shape index (κ3) is 5.63. The number of nitrogens with zero attached hydrogens (tertiary/aromatic N) is 3. The van der Waals surface area contributed by atoms with Crippen LogP contribution >= 0.6 is 0 Å². The van der Waals surface area contributed by atoms with E-state index in [1.165, 1.54) is 24.5 Å². The first-order chi connectivity index (χ1) is 11.0. The average Bonchev–Trinajstić information content (AvgIpc) is 2.54. The van der Waals surface area contributed by atoms with Gasteiger partial charge in [-0.3, -0.25) is 4.79 Å². The lowest BCUT2D eigenvalue weighted by atomic mass is 10.2. The smallest absolute Gasteiger partial charge is 0.254 e. The maximum absolute atomic E-state index is 12.8. The lowest BCUT2D eigenvalue weighted by molar-refractivity contribution is 0.0950. The number of amides is 1. The second kappa shape index (κ2) is 8.19. The van der Waals surface area contributed by atoms with Crippen LogP contribution in [0.1, 0.15) is 15.9 Å². The van der Waals surface area contributed by atoms with E-state index in [0.717, 1.165) is 18.7 Å². The van der Waals surface area contributed by atoms with Crippen LogP contribution in [0.5, 0.6) is 0 Å². The molecule has 122 valence electrons. The monoisotopic (exact) mass is 317 g/mol. The summed E-state index contributed by atoms with van der Waals surface area (Å²) in [5.41, 5.74) is 1.20. The zero-order chi connectivity index (χ0) is 16.7. The average molecular weight is 317 g/mol. The Hall–Kier alpha value is -2.54. The van der Waals surface area contributed by atoms with Gasteiger partial charge in [0.15, 0.2) is 0 Å². The van der Waals surface area contributed by atoms with E-state index in [1.54, 1.807) is 12.1 Å². The molecule has 1 heterocycles. The third-order valence-corrected chi connectivity index (χ3v) is 3.12. The summed E-state index contributed by atoms with van der Waals surface area (Å²) >= 11 is 0. The number of likely N-dealkylation sites (N-methyl/N-ethyl adjacent to an activating group) is 1. The van der Waals surface area contributed by atoms with Crippen LogP contribution in [0.2, 0.25) is 0 Å². The van der Waals surface area contributed by atoms with Gasteiger partial charge in [0, 0.05) is 32.0 Å². The molecular weight excluding hydrogens is 297 g/mol. The van der Waals surface area contributed by atoms with Crippen LogP contribution in [0.4, 0.5) is 10.3 Å². The highest BCUT2D eigenvalue weighted by Crippen LogP contribution is 2.04. The molecule has 1 aromatic carbocycles. The maximum Gasteiger partial charge on any atom is 0.254 e. The predicted octanol–water partition coefficient (Wildman–Crippen LogP) is 1.52. The highest BCUT2D eigenvalue weighted by atomic mass is 19.1. The van der Waals surface area contributed by atoms with Crippen molar-refractivity contribution in [3.63, 3.8) is 0 Å². The summed E-state index contributed by atoms with van der Waals surface area (Å²) in [4.78, 5) is 22.3. The number of hydrogen-bond acceptors (Lipinski definition) is 5. The number of carbonyl (C=O) groups excluding carboxylic acids is 1. The molecule has 0 spiro atoms. The molecule has 0 unspecified atom stereocenters. The number of halogens is 1. The maximum atomic E-state index is 12.8. The van der Waals surface area contributed by atoms with Crippen molar-refractivity contribution < 1.29 is 9.18 Å². The molecule has 23 heavy (non-hydrogen) atoms. The summed E-state index contributed by atoms with van der Waals surface area (Å²) in [6, 6.07) is 5.98. The van der Waals surface area contributed by atoms with Gasteiger partial charge in [0.05, 0.1) is 5.56 Å². The summed E-state index contributed by atoms with van der Waals surface area (Å²) in [5, 5.41) is 5.82. The first kappa shape index (κ1) is 16.8. The van der Waals surface area contributed by atoms with Gasteiger partial charge in [0.1, 0.15) is 5.82 Å². The number of rotatable bonds is 7. The molecule has 1 aromatic heterocycles. The quantitative estimate of drug-likeness (QED) is 0.810. The van der Waals surface area contributed by atoms with Gasteiger partial charge in [-0.1, -0.05) is 12.1 Å². The van der Waals surface area contributed by atoms with Crippen molar-refractivity contribution in [2.24, 2.45) is 0 Å². The highest BCUT2D eigenvalue weighted by molar-refractivity contribution is 5.93. The Bertz CT molecular complexity index is 628. The van der Waals surface area contributed by atoms with Crippen molar-refractivity contribution in [1.82, 2.24) is 20.2 Å². The van der Waals surface area contributed by atoms with Crippen LogP contribution in [0.25, 0.3) is 0 Å². The van der Waals surface area contributed by atoms with Crippen molar-refractivity contribution in [3.8, 4) is 0 Å². The Kier molecular flexibility index (Phi) is 5.99. The molecule has 0 bridgehead atoms. The van der Waals surface area contributed by atoms with Gasteiger partial charge in [-0.2, -0.15) is 0 Å². The van der Waals surface area contributed by atoms with Gasteiger partial charge < -0.3 is 15.5 Å². The molecule has 0 fully saturated rings. The molecule has 2 aromatic rings. The zero-order valence-electron chi connectivity index (χ0n) is 13.2. The minimum Gasteiger partial charge on any atom is -0.353 e. The minimum absolute atomic E-state index is 0.269. The topological polar surface area (TPSA) is 70.2 Å². The first-order valence-electron chi connectivity index (χ1n) is 7.28. The van der Waals surface area contributed by atoms with E-state index in [2.05, 4.69) is 20.6 Å². The molecule has 0 atom stereocenters. The molecule has 0 aliphatic rings. The van der Waals surface area contributed by atoms with Gasteiger partial charge in [-0.15, -0.1) is 0 Å². The van der Waals surface area contributed by atoms with E-state index in [0.29, 0.717) is 18.1 Å². The first-order valence-corrected chi connectivity index (χ1v) is 7.28. The van der Waals surface area contributed by atoms with E-state index in [1.807, 2.05) is 19.0 Å². The number of carbonyl (C=O) groups is 1. The lowest BCUT2D eigenvalue weighted by Crippen LogP contribution is -2.24. The van der Waals surface area contributed by atoms with Crippen LogP contribution < -0.4 is 10.6 Å². The number of anilines is 1. The summed E-state index contributed by atoms with van der Waals surface area (Å²) in [5.74, 6) is -0.0815. The number of benzene rings is 1. The fourth-order valence-corrected chi connectivity index (χ4v) is 1.81. The zero-order valence-corrected chi connectivity index (χ0v) is 13.2. The summed E-state index contributed by atoms with van der Waals surface area (Å²) in [7, 11) is 3.97. The van der Waals surface area contributed by atoms with Gasteiger partial charge in [-0.25, -0.2) is 14.4 Å². The van der Waals surface area contributed by atoms with Crippen LogP contribution in [-0.2, 0) is 6.54 Å². The predicted molar refractivity (Wildman–Crippen MR) is 86.6 cm³/mol. The number of hydrogen-bond donors (Lipinski definition) is 2. The van der Waals surface area contributed by atoms with Gasteiger partial charge in [-0.05, 0) is 31.8 Å². The molecule has 0 saturated carbocycles. The Morgan fingerprint density at radius 3 is 2.43 bits per heavy atom. The number of nitrogens with one attached hydrogen (secondary N) is 2. The van der Waals surface area contributed by atoms with Crippen molar-refractivity contribution in [2.75, 3.05) is 32.5 Å². The normalized spacial score (nSPS) is 10.6. The second-order valence-corrected chi connectivity index (χ2v) is 5.33. The Labute approximate surface area is 134 Å². The fourth-order valence-electron chi connectivity index (χ4n) is 1.81. The Morgan fingerprint density at radius 2 is 1.83 bits per heavy atom. The van der Waals surface area contributed by atoms with Crippen molar-refractivity contribution >= 4 is 11.9 Å². The number of aromatic nitrogens is 2. The third-order valence-electron chi connectivity index (χ3n) is 3.12. The van der Waals surface area contributed by atoms with Gasteiger partial charge in [0.25, 0.3) is 5.91 Å². The van der Waals surface area contributed by atoms with Gasteiger partial charge >= 0.3 is 0 Å². The summed E-state index contributed by atoms with van der Waals surface area (Å²) < 4.78 is 12.8. The molecule has 2 N–H and O–H groups in total. The van der Waals surface area contributed by atoms with Crippen LogP contribution in [0.15, 0.2) is 36.7 Å². The summed E-state index contributed by atoms with van der Waals surface area (Å²) in [6.07, 6.45) is 2.95. The van der Waals surface area contributed by atoms with E-state index in [9.17, 15) is 9.18 Å². The second-order valence-electron chi connectivity index (χ2n) is 5.33. The van der Waals surface area contributed by atoms with Crippen molar-refractivity contribution in [2.45, 2.75) is 6.54 Å². The van der Waals surface area contributed by atoms with E-state index in [4.69, 9.17) is 0 Å². The van der Waals surface area contributed by atoms with E-state index in [-0.39, 0.29) is 11.7 Å².